The quantitative estimate of drug-likeness (QED) is 0.175. The Balaban J connectivity index is 1.75. The molecular formula is C35H37F2N7O3S. The summed E-state index contributed by atoms with van der Waals surface area (Å²) in [6.45, 7) is 4.74. The molecule has 0 saturated carbocycles. The fourth-order valence-electron chi connectivity index (χ4n) is 5.35. The van der Waals surface area contributed by atoms with E-state index >= 15 is 8.78 Å². The van der Waals surface area contributed by atoms with E-state index < -0.39 is 23.9 Å². The number of carbonyl (C=O) groups excluding carboxylic acids is 2. The second kappa shape index (κ2) is 14.7. The summed E-state index contributed by atoms with van der Waals surface area (Å²) in [6, 6.07) is 19.2. The number of carbonyl (C=O) groups is 2. The highest BCUT2D eigenvalue weighted by atomic mass is 32.1. The number of likely N-dealkylation sites (N-methyl/N-ethyl adjacent to an activating group) is 2. The van der Waals surface area contributed by atoms with Crippen LogP contribution in [0.25, 0.3) is 26.3 Å². The fraction of sp³-hybridized carbons (Fsp3) is 0.257. The summed E-state index contributed by atoms with van der Waals surface area (Å²) in [7, 11) is 3.63. The van der Waals surface area contributed by atoms with Crippen molar-refractivity contribution in [1.29, 1.82) is 5.41 Å². The monoisotopic (exact) mass is 673 g/mol. The molecule has 0 bridgehead atoms. The molecule has 0 aliphatic heterocycles. The summed E-state index contributed by atoms with van der Waals surface area (Å²) in [4.78, 5) is 43.0. The molecule has 5 rings (SSSR count). The topological polar surface area (TPSA) is 115 Å². The van der Waals surface area contributed by atoms with Crippen LogP contribution in [0.4, 0.5) is 19.3 Å². The van der Waals surface area contributed by atoms with Crippen LogP contribution in [0, 0.1) is 17.0 Å². The van der Waals surface area contributed by atoms with Gasteiger partial charge in [-0.15, -0.1) is 11.3 Å². The highest BCUT2D eigenvalue weighted by molar-refractivity contribution is 7.22. The number of thiophene rings is 1. The molecule has 0 atom stereocenters. The Bertz CT molecular complexity index is 2050. The Hall–Kier alpha value is -5.14. The van der Waals surface area contributed by atoms with Crippen molar-refractivity contribution in [3.05, 3.63) is 112 Å². The van der Waals surface area contributed by atoms with Gasteiger partial charge in [-0.1, -0.05) is 36.4 Å². The van der Waals surface area contributed by atoms with Crippen molar-refractivity contribution in [3.8, 4) is 16.1 Å². The van der Waals surface area contributed by atoms with Crippen molar-refractivity contribution in [2.75, 3.05) is 39.0 Å². The number of halogens is 2. The molecule has 48 heavy (non-hydrogen) atoms. The van der Waals surface area contributed by atoms with Gasteiger partial charge in [-0.2, -0.15) is 0 Å². The first kappa shape index (κ1) is 34.2. The Morgan fingerprint density at radius 1 is 0.917 bits per heavy atom. The second-order valence-corrected chi connectivity index (χ2v) is 12.4. The molecule has 0 spiro atoms. The van der Waals surface area contributed by atoms with E-state index in [1.54, 1.807) is 54.4 Å². The lowest BCUT2D eigenvalue weighted by molar-refractivity contribution is -0.127. The maximum absolute atomic E-state index is 15.0. The second-order valence-electron chi connectivity index (χ2n) is 11.4. The third-order valence-electron chi connectivity index (χ3n) is 8.03. The van der Waals surface area contributed by atoms with Crippen molar-refractivity contribution >= 4 is 39.2 Å². The summed E-state index contributed by atoms with van der Waals surface area (Å²) in [5.74, 6) is -1.62. The largest absolute Gasteiger partial charge is 0.345 e. The van der Waals surface area contributed by atoms with Gasteiger partial charge in [0, 0.05) is 56.3 Å². The van der Waals surface area contributed by atoms with Crippen molar-refractivity contribution < 1.29 is 18.4 Å². The number of urea groups is 1. The van der Waals surface area contributed by atoms with Crippen LogP contribution in [0.3, 0.4) is 0 Å². The van der Waals surface area contributed by atoms with Crippen LogP contribution in [0.2, 0.25) is 0 Å². The van der Waals surface area contributed by atoms with E-state index in [1.165, 1.54) is 33.5 Å². The molecule has 0 saturated heterocycles. The molecule has 10 nitrogen and oxygen atoms in total. The summed E-state index contributed by atoms with van der Waals surface area (Å²) >= 11 is 1.26. The average Bonchev–Trinajstić information content (AvgIpc) is 3.43. The van der Waals surface area contributed by atoms with E-state index in [4.69, 9.17) is 0 Å². The molecule has 3 amide bonds. The minimum atomic E-state index is -0.780. The van der Waals surface area contributed by atoms with E-state index in [0.717, 1.165) is 28.1 Å². The molecule has 0 radical (unpaired) electrons. The summed E-state index contributed by atoms with van der Waals surface area (Å²) in [5.41, 5.74) is 1.58. The normalized spacial score (nSPS) is 11.2. The van der Waals surface area contributed by atoms with Crippen LogP contribution in [0.15, 0.2) is 77.6 Å². The number of fused-ring (bicyclic) bond motifs is 1. The van der Waals surface area contributed by atoms with Crippen LogP contribution in [0.5, 0.6) is 0 Å². The third kappa shape index (κ3) is 7.21. The minimum Gasteiger partial charge on any atom is -0.345 e. The van der Waals surface area contributed by atoms with Crippen molar-refractivity contribution in [1.82, 2.24) is 24.3 Å². The predicted molar refractivity (Wildman–Crippen MR) is 185 cm³/mol. The maximum Gasteiger partial charge on any atom is 0.335 e. The molecule has 2 aromatic heterocycles. The number of hydrogen-bond acceptors (Lipinski definition) is 6. The number of para-hydroxylation sites is 1. The number of anilines is 1. The molecule has 0 unspecified atom stereocenters. The number of aromatic nitrogens is 2. The SMILES string of the molecule is CCNC(=O)Nc1ccc(-c2sc3c(c2CN(C)CCN(C)C(C)=O)c(=N)n(-c2ccccc2)c(=O)n3Cc2c(F)cccc2F)cc1. The van der Waals surface area contributed by atoms with Gasteiger partial charge in [0.15, 0.2) is 0 Å². The zero-order valence-corrected chi connectivity index (χ0v) is 28.0. The average molecular weight is 674 g/mol. The van der Waals surface area contributed by atoms with Gasteiger partial charge in [0.25, 0.3) is 0 Å². The van der Waals surface area contributed by atoms with Gasteiger partial charge < -0.3 is 20.4 Å². The van der Waals surface area contributed by atoms with Crippen LogP contribution in [-0.2, 0) is 17.9 Å². The molecule has 3 N–H and O–H groups in total. The smallest absolute Gasteiger partial charge is 0.335 e. The number of nitrogens with one attached hydrogen (secondary N) is 3. The van der Waals surface area contributed by atoms with Gasteiger partial charge in [-0.3, -0.25) is 14.8 Å². The van der Waals surface area contributed by atoms with Crippen molar-refractivity contribution in [2.45, 2.75) is 26.9 Å². The number of nitrogens with zero attached hydrogens (tertiary/aromatic N) is 4. The number of rotatable bonds is 11. The zero-order valence-electron chi connectivity index (χ0n) is 27.1. The molecule has 0 aliphatic rings. The van der Waals surface area contributed by atoms with Gasteiger partial charge in [-0.05, 0) is 61.5 Å². The molecule has 0 fully saturated rings. The van der Waals surface area contributed by atoms with E-state index in [2.05, 4.69) is 10.6 Å². The lowest BCUT2D eigenvalue weighted by Crippen LogP contribution is -2.39. The van der Waals surface area contributed by atoms with Crippen LogP contribution in [-0.4, -0.2) is 64.6 Å². The first-order valence-electron chi connectivity index (χ1n) is 15.4. The molecule has 5 aromatic rings. The maximum atomic E-state index is 15.0. The first-order chi connectivity index (χ1) is 23.0. The van der Waals surface area contributed by atoms with Gasteiger partial charge in [0.1, 0.15) is 22.0 Å². The highest BCUT2D eigenvalue weighted by Gasteiger charge is 2.24. The molecular weight excluding hydrogens is 636 g/mol. The Morgan fingerprint density at radius 3 is 2.21 bits per heavy atom. The van der Waals surface area contributed by atoms with Crippen LogP contribution >= 0.6 is 11.3 Å². The van der Waals surface area contributed by atoms with Gasteiger partial charge in [-0.25, -0.2) is 22.9 Å². The summed E-state index contributed by atoms with van der Waals surface area (Å²) in [6.07, 6.45) is 0. The Labute approximate surface area is 280 Å². The van der Waals surface area contributed by atoms with E-state index in [-0.39, 0.29) is 23.0 Å². The minimum absolute atomic E-state index is 0.0619. The van der Waals surface area contributed by atoms with Crippen LogP contribution in [0.1, 0.15) is 25.0 Å². The highest BCUT2D eigenvalue weighted by Crippen LogP contribution is 2.38. The first-order valence-corrected chi connectivity index (χ1v) is 16.2. The zero-order chi connectivity index (χ0) is 34.5. The summed E-state index contributed by atoms with van der Waals surface area (Å²) in [5, 5.41) is 15.3. The number of hydrogen-bond donors (Lipinski definition) is 3. The van der Waals surface area contributed by atoms with Crippen molar-refractivity contribution in [2.24, 2.45) is 0 Å². The lowest BCUT2D eigenvalue weighted by Gasteiger charge is -2.22. The van der Waals surface area contributed by atoms with E-state index in [0.29, 0.717) is 47.8 Å². The Kier molecular flexibility index (Phi) is 10.5. The van der Waals surface area contributed by atoms with Gasteiger partial charge >= 0.3 is 11.7 Å². The van der Waals surface area contributed by atoms with E-state index in [9.17, 15) is 19.8 Å². The standard InChI is InChI=1S/C35H37F2N7O3S/c1-5-39-34(46)40-24-16-14-23(15-17-24)31-27(20-41(3)18-19-42(4)22(2)45)30-32(38)44(25-10-7-6-8-11-25)35(47)43(33(30)48-31)21-26-28(36)12-9-13-29(26)37/h6-17,38H,5,18-21H2,1-4H3,(H2,39,40,46). The molecule has 250 valence electrons. The number of benzene rings is 3. The molecule has 3 aromatic carbocycles. The Morgan fingerprint density at radius 2 is 1.58 bits per heavy atom. The van der Waals surface area contributed by atoms with Crippen molar-refractivity contribution in [3.63, 3.8) is 0 Å². The lowest BCUT2D eigenvalue weighted by atomic mass is 10.1. The van der Waals surface area contributed by atoms with E-state index in [1.807, 2.05) is 31.0 Å². The van der Waals surface area contributed by atoms with Gasteiger partial charge in [0.05, 0.1) is 17.6 Å². The molecule has 13 heteroatoms. The fourth-order valence-corrected chi connectivity index (χ4v) is 6.66. The number of amides is 3. The van der Waals surface area contributed by atoms with Crippen LogP contribution < -0.4 is 21.8 Å². The van der Waals surface area contributed by atoms with Gasteiger partial charge in [0.2, 0.25) is 5.91 Å². The molecule has 0 aliphatic carbocycles. The summed E-state index contributed by atoms with van der Waals surface area (Å²) < 4.78 is 32.6. The third-order valence-corrected chi connectivity index (χ3v) is 9.34. The molecule has 2 heterocycles. The predicted octanol–water partition coefficient (Wildman–Crippen LogP) is 5.38.